The van der Waals surface area contributed by atoms with Crippen molar-refractivity contribution in [3.8, 4) is 5.69 Å². The van der Waals surface area contributed by atoms with Crippen molar-refractivity contribution in [2.45, 2.75) is 26.5 Å². The summed E-state index contributed by atoms with van der Waals surface area (Å²) in [7, 11) is 0. The molecule has 4 rings (SSSR count). The Balaban J connectivity index is 1.62. The molecule has 36 heavy (non-hydrogen) atoms. The van der Waals surface area contributed by atoms with Crippen molar-refractivity contribution in [2.24, 2.45) is 0 Å². The number of para-hydroxylation sites is 1. The number of hydrogen-bond donors (Lipinski definition) is 0. The Bertz CT molecular complexity index is 1450. The molecule has 0 N–H and O–H groups in total. The van der Waals surface area contributed by atoms with E-state index in [4.69, 9.17) is 4.74 Å². The minimum atomic E-state index is -1.16. The first-order chi connectivity index (χ1) is 17.3. The molecule has 4 aromatic rings. The molecule has 1 heterocycles. The quantitative estimate of drug-likeness (QED) is 0.298. The first-order valence-electron chi connectivity index (χ1n) is 10.9. The van der Waals surface area contributed by atoms with Crippen LogP contribution < -0.4 is 10.6 Å². The molecule has 0 radical (unpaired) electrons. The third-order valence-electron chi connectivity index (χ3n) is 5.21. The number of nitrogens with zero attached hydrogens (tertiary/aromatic N) is 5. The number of aromatic nitrogens is 4. The van der Waals surface area contributed by atoms with Crippen LogP contribution in [0.2, 0.25) is 0 Å². The van der Waals surface area contributed by atoms with Gasteiger partial charge in [0.05, 0.1) is 5.56 Å². The molecular weight excluding hydrogens is 472 g/mol. The Hall–Kier alpha value is -4.67. The normalized spacial score (nSPS) is 10.9. The Kier molecular flexibility index (Phi) is 7.00. The third-order valence-corrected chi connectivity index (χ3v) is 5.21. The lowest BCUT2D eigenvalue weighted by Crippen LogP contribution is -2.44. The molecule has 184 valence electrons. The zero-order valence-corrected chi connectivity index (χ0v) is 19.3. The second-order valence-corrected chi connectivity index (χ2v) is 8.01. The van der Waals surface area contributed by atoms with Gasteiger partial charge in [-0.3, -0.25) is 4.90 Å². The van der Waals surface area contributed by atoms with Crippen LogP contribution in [0, 0.1) is 11.6 Å². The third kappa shape index (κ3) is 4.90. The van der Waals surface area contributed by atoms with Gasteiger partial charge in [0, 0.05) is 11.7 Å². The van der Waals surface area contributed by atoms with Crippen LogP contribution >= 0.6 is 0 Å². The molecule has 3 aromatic carbocycles. The van der Waals surface area contributed by atoms with Crippen molar-refractivity contribution >= 4 is 17.7 Å². The van der Waals surface area contributed by atoms with Gasteiger partial charge in [0.25, 0.3) is 0 Å². The van der Waals surface area contributed by atoms with Gasteiger partial charge in [0.15, 0.2) is 11.6 Å². The summed E-state index contributed by atoms with van der Waals surface area (Å²) in [5, 5.41) is 7.00. The highest BCUT2D eigenvalue weighted by molar-refractivity contribution is 5.96. The summed E-state index contributed by atoms with van der Waals surface area (Å²) in [5.41, 5.74) is -0.627. The fourth-order valence-corrected chi connectivity index (χ4v) is 3.52. The average molecular weight is 493 g/mol. The predicted molar refractivity (Wildman–Crippen MR) is 126 cm³/mol. The van der Waals surface area contributed by atoms with E-state index in [1.807, 2.05) is 30.3 Å². The Labute approximate surface area is 204 Å². The largest absolute Gasteiger partial charge is 0.457 e. The first kappa shape index (κ1) is 24.5. The van der Waals surface area contributed by atoms with Gasteiger partial charge in [-0.2, -0.15) is 4.68 Å². The van der Waals surface area contributed by atoms with Gasteiger partial charge in [-0.15, -0.1) is 4.68 Å². The van der Waals surface area contributed by atoms with Crippen LogP contribution in [-0.2, 0) is 11.3 Å². The maximum absolute atomic E-state index is 14.2. The van der Waals surface area contributed by atoms with Gasteiger partial charge in [-0.05, 0) is 60.2 Å². The van der Waals surface area contributed by atoms with Crippen molar-refractivity contribution < 1.29 is 23.1 Å². The van der Waals surface area contributed by atoms with Gasteiger partial charge >= 0.3 is 17.7 Å². The summed E-state index contributed by atoms with van der Waals surface area (Å²) in [6, 6.07) is 16.9. The summed E-state index contributed by atoms with van der Waals surface area (Å²) in [5.74, 6) is -2.69. The van der Waals surface area contributed by atoms with Crippen molar-refractivity contribution in [3.05, 3.63) is 106 Å². The lowest BCUT2D eigenvalue weighted by atomic mass is 10.1. The molecule has 9 nitrogen and oxygen atoms in total. The second-order valence-electron chi connectivity index (χ2n) is 8.01. The maximum atomic E-state index is 14.2. The highest BCUT2D eigenvalue weighted by Gasteiger charge is 2.27. The lowest BCUT2D eigenvalue weighted by Gasteiger charge is -2.26. The van der Waals surface area contributed by atoms with Crippen LogP contribution in [-0.4, -0.2) is 37.8 Å². The van der Waals surface area contributed by atoms with E-state index in [-0.39, 0.29) is 17.9 Å². The first-order valence-corrected chi connectivity index (χ1v) is 10.9. The van der Waals surface area contributed by atoms with Crippen LogP contribution in [0.3, 0.4) is 0 Å². The Morgan fingerprint density at radius 3 is 2.28 bits per heavy atom. The minimum absolute atomic E-state index is 0.0713. The zero-order valence-electron chi connectivity index (χ0n) is 19.3. The van der Waals surface area contributed by atoms with E-state index in [2.05, 4.69) is 10.4 Å². The topological polar surface area (TPSA) is 99.3 Å². The molecule has 1 amide bonds. The minimum Gasteiger partial charge on any atom is -0.457 e. The van der Waals surface area contributed by atoms with Crippen molar-refractivity contribution in [1.29, 1.82) is 0 Å². The molecule has 0 fully saturated rings. The van der Waals surface area contributed by atoms with Crippen molar-refractivity contribution in [2.75, 3.05) is 4.90 Å². The van der Waals surface area contributed by atoms with E-state index in [0.717, 1.165) is 23.8 Å². The van der Waals surface area contributed by atoms with Gasteiger partial charge in [0.1, 0.15) is 12.3 Å². The van der Waals surface area contributed by atoms with Gasteiger partial charge in [-0.1, -0.05) is 42.5 Å². The number of ether oxygens (including phenoxy) is 1. The molecule has 0 aliphatic heterocycles. The van der Waals surface area contributed by atoms with Crippen molar-refractivity contribution in [3.63, 3.8) is 0 Å². The summed E-state index contributed by atoms with van der Waals surface area (Å²) >= 11 is 0. The van der Waals surface area contributed by atoms with Crippen LogP contribution in [0.5, 0.6) is 0 Å². The van der Waals surface area contributed by atoms with Crippen LogP contribution in [0.15, 0.2) is 77.6 Å². The Morgan fingerprint density at radius 2 is 1.61 bits per heavy atom. The van der Waals surface area contributed by atoms with Gasteiger partial charge in [-0.25, -0.2) is 23.2 Å². The number of carbonyl (C=O) groups excluding carboxylic acids is 2. The molecule has 0 unspecified atom stereocenters. The molecule has 0 bridgehead atoms. The predicted octanol–water partition coefficient (Wildman–Crippen LogP) is 3.95. The van der Waals surface area contributed by atoms with Crippen LogP contribution in [0.1, 0.15) is 29.8 Å². The summed E-state index contributed by atoms with van der Waals surface area (Å²) in [4.78, 5) is 39.9. The molecule has 11 heteroatoms. The number of anilines is 1. The zero-order chi connectivity index (χ0) is 25.8. The van der Waals surface area contributed by atoms with E-state index >= 15 is 0 Å². The van der Waals surface area contributed by atoms with Crippen molar-refractivity contribution in [1.82, 2.24) is 19.8 Å². The number of tetrazole rings is 1. The molecule has 0 atom stereocenters. The molecule has 0 saturated carbocycles. The van der Waals surface area contributed by atoms with E-state index in [0.29, 0.717) is 9.36 Å². The fraction of sp³-hybridized carbons (Fsp3) is 0.160. The SMILES string of the molecule is CC(C)N(C(=O)n1nnn(-c2c(F)cccc2F)c1=O)c1cccc(C(=O)OCc2ccccc2)c1. The molecule has 1 aromatic heterocycles. The highest BCUT2D eigenvalue weighted by atomic mass is 19.1. The summed E-state index contributed by atoms with van der Waals surface area (Å²) in [6.45, 7) is 3.44. The van der Waals surface area contributed by atoms with Crippen LogP contribution in [0.25, 0.3) is 5.69 Å². The lowest BCUT2D eigenvalue weighted by molar-refractivity contribution is 0.0472. The smallest absolute Gasteiger partial charge is 0.377 e. The number of carbonyl (C=O) groups is 2. The standard InChI is InChI=1S/C25H21F2N5O4/c1-16(2)30(19-11-6-10-18(14-19)23(33)36-15-17-8-4-3-5-9-17)24(34)32-25(35)31(28-29-32)22-20(26)12-7-13-21(22)27/h3-14,16H,15H2,1-2H3. The van der Waals surface area contributed by atoms with E-state index in [9.17, 15) is 23.2 Å². The molecule has 0 spiro atoms. The molecular formula is C25H21F2N5O4. The average Bonchev–Trinajstić information content (AvgIpc) is 3.24. The Morgan fingerprint density at radius 1 is 0.944 bits per heavy atom. The van der Waals surface area contributed by atoms with E-state index < -0.39 is 41.1 Å². The van der Waals surface area contributed by atoms with Gasteiger partial charge < -0.3 is 4.74 Å². The highest BCUT2D eigenvalue weighted by Crippen LogP contribution is 2.21. The van der Waals surface area contributed by atoms with Crippen LogP contribution in [0.4, 0.5) is 19.3 Å². The molecule has 0 saturated heterocycles. The molecule has 0 aliphatic rings. The maximum Gasteiger partial charge on any atom is 0.377 e. The monoisotopic (exact) mass is 493 g/mol. The number of amides is 1. The number of halogens is 2. The fourth-order valence-electron chi connectivity index (χ4n) is 3.52. The summed E-state index contributed by atoms with van der Waals surface area (Å²) in [6.07, 6.45) is 0. The second kappa shape index (κ2) is 10.3. The molecule has 0 aliphatic carbocycles. The number of hydrogen-bond acceptors (Lipinski definition) is 6. The number of rotatable bonds is 6. The van der Waals surface area contributed by atoms with E-state index in [1.165, 1.54) is 17.0 Å². The number of esters is 1. The van der Waals surface area contributed by atoms with E-state index in [1.54, 1.807) is 26.0 Å². The summed E-state index contributed by atoms with van der Waals surface area (Å²) < 4.78 is 34.4. The number of benzene rings is 3. The van der Waals surface area contributed by atoms with Gasteiger partial charge in [0.2, 0.25) is 0 Å².